The van der Waals surface area contributed by atoms with Crippen LogP contribution in [0.3, 0.4) is 0 Å². The molecule has 208 valence electrons. The number of nitrogens with one attached hydrogen (secondary N) is 2. The van der Waals surface area contributed by atoms with E-state index in [9.17, 15) is 9.59 Å². The third kappa shape index (κ3) is 6.67. The lowest BCUT2D eigenvalue weighted by molar-refractivity contribution is 0.103. The quantitative estimate of drug-likeness (QED) is 0.248. The highest BCUT2D eigenvalue weighted by Crippen LogP contribution is 2.31. The Hall–Kier alpha value is -5.36. The van der Waals surface area contributed by atoms with E-state index in [2.05, 4.69) is 10.6 Å². The number of aliphatic imine (C=N–C) groups is 2. The molecule has 0 atom stereocenters. The molecule has 0 saturated heterocycles. The molecular formula is C36H32N4O2. The molecule has 0 saturated carbocycles. The highest BCUT2D eigenvalue weighted by atomic mass is 16.1. The van der Waals surface area contributed by atoms with Crippen molar-refractivity contribution < 1.29 is 9.59 Å². The number of carbonyl (C=O) groups is 2. The van der Waals surface area contributed by atoms with E-state index in [1.54, 1.807) is 12.1 Å². The second-order valence-electron chi connectivity index (χ2n) is 10.3. The first-order valence-corrected chi connectivity index (χ1v) is 13.8. The van der Waals surface area contributed by atoms with Gasteiger partial charge >= 0.3 is 0 Å². The summed E-state index contributed by atoms with van der Waals surface area (Å²) in [5, 5.41) is 6.86. The highest BCUT2D eigenvalue weighted by Gasteiger charge is 2.14. The Morgan fingerprint density at radius 2 is 0.881 bits per heavy atom. The van der Waals surface area contributed by atoms with Crippen molar-refractivity contribution in [2.24, 2.45) is 9.98 Å². The van der Waals surface area contributed by atoms with E-state index < -0.39 is 0 Å². The third-order valence-electron chi connectivity index (χ3n) is 6.70. The Balaban J connectivity index is 1.55. The fourth-order valence-corrected chi connectivity index (χ4v) is 4.83. The molecule has 0 bridgehead atoms. The number of hydrogen-bond donors (Lipinski definition) is 2. The summed E-state index contributed by atoms with van der Waals surface area (Å²) in [6.45, 7) is 7.74. The number of carbonyl (C=O) groups excluding carboxylic acids is 2. The number of hydrogen-bond acceptors (Lipinski definition) is 6. The second-order valence-corrected chi connectivity index (χ2v) is 10.3. The van der Waals surface area contributed by atoms with Crippen LogP contribution in [0.1, 0.15) is 59.5 Å². The van der Waals surface area contributed by atoms with Crippen LogP contribution in [-0.2, 0) is 0 Å². The molecule has 42 heavy (non-hydrogen) atoms. The predicted molar refractivity (Wildman–Crippen MR) is 173 cm³/mol. The SMILES string of the molecule is CC1=Nc2ccc(C(=O)c3ccccc3)cc2N/C(C)=C\C(C)=Nc2ccc(C(=O)c3ccccc3)cc2N/C(C)=C\1. The zero-order valence-corrected chi connectivity index (χ0v) is 24.1. The zero-order valence-electron chi connectivity index (χ0n) is 24.1. The number of ketones is 2. The Morgan fingerprint density at radius 3 is 1.26 bits per heavy atom. The predicted octanol–water partition coefficient (Wildman–Crippen LogP) is 8.68. The van der Waals surface area contributed by atoms with Gasteiger partial charge in [0, 0.05) is 45.1 Å². The number of fused-ring (bicyclic) bond motifs is 2. The molecule has 1 aliphatic heterocycles. The van der Waals surface area contributed by atoms with Gasteiger partial charge in [-0.25, -0.2) is 0 Å². The van der Waals surface area contributed by atoms with Gasteiger partial charge in [-0.2, -0.15) is 0 Å². The van der Waals surface area contributed by atoms with Gasteiger partial charge in [0.1, 0.15) is 0 Å². The molecule has 6 nitrogen and oxygen atoms in total. The molecule has 1 aliphatic rings. The van der Waals surface area contributed by atoms with Crippen LogP contribution in [-0.4, -0.2) is 23.0 Å². The number of nitrogens with zero attached hydrogens (tertiary/aromatic N) is 2. The fraction of sp³-hybridized carbons (Fsp3) is 0.111. The summed E-state index contributed by atoms with van der Waals surface area (Å²) in [6.07, 6.45) is 3.88. The standard InChI is InChI=1S/C36H32N4O2/c1-23-19-25(3)39-34-22-30(36(42)28-13-9-6-10-14-28)16-18-32(34)38-24(2)20-26(4)40-33-21-29(15-17-31(33)37-23)35(41)27-11-7-5-8-12-27/h5-22,39-40H,1-4H3/b25-19-,26-20-,37-23?,38-24?. The van der Waals surface area contributed by atoms with Crippen molar-refractivity contribution in [1.82, 2.24) is 0 Å². The van der Waals surface area contributed by atoms with Crippen LogP contribution in [0.4, 0.5) is 22.7 Å². The minimum absolute atomic E-state index is 0.0543. The molecule has 2 N–H and O–H groups in total. The first kappa shape index (κ1) is 28.2. The van der Waals surface area contributed by atoms with Gasteiger partial charge in [0.2, 0.25) is 0 Å². The summed E-state index contributed by atoms with van der Waals surface area (Å²) < 4.78 is 0. The van der Waals surface area contributed by atoms with Crippen molar-refractivity contribution in [2.45, 2.75) is 27.7 Å². The maximum Gasteiger partial charge on any atom is 0.193 e. The van der Waals surface area contributed by atoms with Gasteiger partial charge in [-0.1, -0.05) is 60.7 Å². The molecule has 0 spiro atoms. The van der Waals surface area contributed by atoms with Crippen molar-refractivity contribution in [3.8, 4) is 0 Å². The lowest BCUT2D eigenvalue weighted by atomic mass is 10.0. The van der Waals surface area contributed by atoms with Gasteiger partial charge in [-0.05, 0) is 76.2 Å². The molecule has 4 aromatic carbocycles. The van der Waals surface area contributed by atoms with Crippen LogP contribution in [0.15, 0.2) is 131 Å². The van der Waals surface area contributed by atoms with E-state index in [4.69, 9.17) is 9.98 Å². The van der Waals surface area contributed by atoms with Gasteiger partial charge in [0.25, 0.3) is 0 Å². The molecule has 0 unspecified atom stereocenters. The van der Waals surface area contributed by atoms with E-state index >= 15 is 0 Å². The van der Waals surface area contributed by atoms with E-state index in [-0.39, 0.29) is 11.6 Å². The first-order valence-electron chi connectivity index (χ1n) is 13.8. The average Bonchev–Trinajstić information content (AvgIpc) is 2.98. The smallest absolute Gasteiger partial charge is 0.193 e. The molecule has 1 heterocycles. The van der Waals surface area contributed by atoms with Crippen LogP contribution < -0.4 is 10.6 Å². The second kappa shape index (κ2) is 12.4. The summed E-state index contributed by atoms with van der Waals surface area (Å²) in [5.74, 6) is -0.109. The van der Waals surface area contributed by atoms with E-state index in [1.165, 1.54) is 0 Å². The molecule has 5 rings (SSSR count). The normalized spacial score (nSPS) is 15.9. The number of anilines is 2. The van der Waals surface area contributed by atoms with Crippen LogP contribution >= 0.6 is 0 Å². The van der Waals surface area contributed by atoms with Crippen molar-refractivity contribution >= 4 is 45.7 Å². The fourth-order valence-electron chi connectivity index (χ4n) is 4.83. The molecule has 0 aromatic heterocycles. The zero-order chi connectivity index (χ0) is 29.6. The Kier molecular flexibility index (Phi) is 8.34. The van der Waals surface area contributed by atoms with Crippen LogP contribution in [0.5, 0.6) is 0 Å². The highest BCUT2D eigenvalue weighted by molar-refractivity contribution is 6.11. The molecule has 6 heteroatoms. The lowest BCUT2D eigenvalue weighted by Gasteiger charge is -2.15. The minimum Gasteiger partial charge on any atom is -0.357 e. The molecular weight excluding hydrogens is 520 g/mol. The van der Waals surface area contributed by atoms with Crippen LogP contribution in [0, 0.1) is 0 Å². The van der Waals surface area contributed by atoms with E-state index in [0.717, 1.165) is 34.2 Å². The van der Waals surface area contributed by atoms with Crippen molar-refractivity contribution in [2.75, 3.05) is 10.6 Å². The molecule has 0 amide bonds. The maximum atomic E-state index is 13.2. The number of rotatable bonds is 4. The minimum atomic E-state index is -0.0543. The topological polar surface area (TPSA) is 82.9 Å². The first-order chi connectivity index (χ1) is 20.3. The van der Waals surface area contributed by atoms with Gasteiger partial charge < -0.3 is 10.6 Å². The van der Waals surface area contributed by atoms with Gasteiger partial charge in [0.15, 0.2) is 11.6 Å². The Bertz CT molecular complexity index is 1650. The van der Waals surface area contributed by atoms with Gasteiger partial charge in [0.05, 0.1) is 22.7 Å². The summed E-state index contributed by atoms with van der Waals surface area (Å²) in [6, 6.07) is 29.5. The van der Waals surface area contributed by atoms with Gasteiger partial charge in [-0.3, -0.25) is 19.6 Å². The van der Waals surface area contributed by atoms with Crippen LogP contribution in [0.2, 0.25) is 0 Å². The summed E-state index contributed by atoms with van der Waals surface area (Å²) in [5.41, 5.74) is 8.46. The van der Waals surface area contributed by atoms with E-state index in [0.29, 0.717) is 33.6 Å². The number of allylic oxidation sites excluding steroid dienone is 4. The summed E-state index contributed by atoms with van der Waals surface area (Å²) in [4.78, 5) is 36.0. The molecule has 0 radical (unpaired) electrons. The summed E-state index contributed by atoms with van der Waals surface area (Å²) >= 11 is 0. The third-order valence-corrected chi connectivity index (χ3v) is 6.70. The molecule has 4 aromatic rings. The maximum absolute atomic E-state index is 13.2. The monoisotopic (exact) mass is 552 g/mol. The Labute approximate surface area is 246 Å². The lowest BCUT2D eigenvalue weighted by Crippen LogP contribution is -2.06. The van der Waals surface area contributed by atoms with Crippen molar-refractivity contribution in [3.05, 3.63) is 143 Å². The van der Waals surface area contributed by atoms with E-state index in [1.807, 2.05) is 125 Å². The van der Waals surface area contributed by atoms with Gasteiger partial charge in [-0.15, -0.1) is 0 Å². The summed E-state index contributed by atoms with van der Waals surface area (Å²) in [7, 11) is 0. The largest absolute Gasteiger partial charge is 0.357 e. The number of benzene rings is 4. The molecule has 0 fully saturated rings. The van der Waals surface area contributed by atoms with Crippen molar-refractivity contribution in [1.29, 1.82) is 0 Å². The van der Waals surface area contributed by atoms with Crippen LogP contribution in [0.25, 0.3) is 0 Å². The Morgan fingerprint density at radius 1 is 0.500 bits per heavy atom. The van der Waals surface area contributed by atoms with Crippen molar-refractivity contribution in [3.63, 3.8) is 0 Å². The average molecular weight is 553 g/mol. The molecule has 0 aliphatic carbocycles.